The van der Waals surface area contributed by atoms with Gasteiger partial charge in [-0.3, -0.25) is 0 Å². The first-order valence-corrected chi connectivity index (χ1v) is 7.46. The first-order valence-electron chi connectivity index (χ1n) is 7.46. The van der Waals surface area contributed by atoms with Crippen LogP contribution in [0.5, 0.6) is 0 Å². The summed E-state index contributed by atoms with van der Waals surface area (Å²) < 4.78 is 7.14. The lowest BCUT2D eigenvalue weighted by molar-refractivity contribution is -0.870. The highest BCUT2D eigenvalue weighted by Crippen LogP contribution is 2.04. The molecule has 0 unspecified atom stereocenters. The van der Waals surface area contributed by atoms with E-state index in [2.05, 4.69) is 42.3 Å². The van der Waals surface area contributed by atoms with E-state index >= 15 is 0 Å². The second-order valence-electron chi connectivity index (χ2n) is 7.55. The predicted molar refractivity (Wildman–Crippen MR) is 84.4 cm³/mol. The predicted octanol–water partition coefficient (Wildman–Crippen LogP) is 2.06. The molecule has 0 spiro atoms. The van der Waals surface area contributed by atoms with Gasteiger partial charge in [0.25, 0.3) is 0 Å². The summed E-state index contributed by atoms with van der Waals surface area (Å²) in [6.45, 7) is 4.48. The van der Waals surface area contributed by atoms with Crippen molar-refractivity contribution < 1.29 is 18.5 Å². The Morgan fingerprint density at radius 3 is 1.95 bits per heavy atom. The molecule has 0 fully saturated rings. The molecule has 0 saturated heterocycles. The molecule has 20 heavy (non-hydrogen) atoms. The van der Waals surface area contributed by atoms with Gasteiger partial charge in [-0.25, -0.2) is 4.79 Å². The van der Waals surface area contributed by atoms with Crippen LogP contribution < -0.4 is 0 Å². The number of carbonyl (C=O) groups excluding carboxylic acids is 1. The Morgan fingerprint density at radius 1 is 0.950 bits per heavy atom. The minimum Gasteiger partial charge on any atom is -0.462 e. The normalized spacial score (nSPS) is 13.4. The first-order chi connectivity index (χ1) is 9.01. The molecule has 4 nitrogen and oxygen atoms in total. The van der Waals surface area contributed by atoms with Crippen molar-refractivity contribution in [3.05, 3.63) is 11.6 Å². The Morgan fingerprint density at radius 2 is 1.45 bits per heavy atom. The average molecular weight is 286 g/mol. The number of quaternary nitrogens is 2. The van der Waals surface area contributed by atoms with Crippen LogP contribution in [0.15, 0.2) is 11.6 Å². The van der Waals surface area contributed by atoms with Gasteiger partial charge in [0.15, 0.2) is 0 Å². The second-order valence-corrected chi connectivity index (χ2v) is 7.55. The van der Waals surface area contributed by atoms with Crippen molar-refractivity contribution in [1.82, 2.24) is 0 Å². The monoisotopic (exact) mass is 286 g/mol. The summed E-state index contributed by atoms with van der Waals surface area (Å²) in [4.78, 5) is 11.8. The number of ether oxygens (including phenoxy) is 1. The average Bonchev–Trinajstić information content (AvgIpc) is 2.27. The largest absolute Gasteiger partial charge is 0.462 e. The quantitative estimate of drug-likeness (QED) is 0.281. The van der Waals surface area contributed by atoms with Gasteiger partial charge in [0.05, 0.1) is 62.0 Å². The van der Waals surface area contributed by atoms with Crippen LogP contribution in [-0.2, 0) is 9.53 Å². The molecule has 0 saturated carbocycles. The van der Waals surface area contributed by atoms with E-state index < -0.39 is 0 Å². The highest BCUT2D eigenvalue weighted by molar-refractivity contribution is 5.87. The summed E-state index contributed by atoms with van der Waals surface area (Å²) in [6.07, 6.45) is 4.94. The molecular formula is C16H34N2O2+2. The molecule has 0 aliphatic heterocycles. The van der Waals surface area contributed by atoms with Gasteiger partial charge in [0, 0.05) is 18.4 Å². The van der Waals surface area contributed by atoms with Gasteiger partial charge >= 0.3 is 5.97 Å². The third-order valence-electron chi connectivity index (χ3n) is 3.01. The van der Waals surface area contributed by atoms with Gasteiger partial charge in [-0.1, -0.05) is 6.08 Å². The Balaban J connectivity index is 3.86. The lowest BCUT2D eigenvalue weighted by Gasteiger charge is -2.23. The molecule has 0 amide bonds. The summed E-state index contributed by atoms with van der Waals surface area (Å²) in [5.41, 5.74) is 0.733. The van der Waals surface area contributed by atoms with Gasteiger partial charge < -0.3 is 13.7 Å². The van der Waals surface area contributed by atoms with Crippen molar-refractivity contribution in [2.24, 2.45) is 0 Å². The van der Waals surface area contributed by atoms with Gasteiger partial charge in [0.2, 0.25) is 0 Å². The van der Waals surface area contributed by atoms with E-state index in [0.717, 1.165) is 46.9 Å². The zero-order valence-corrected chi connectivity index (χ0v) is 14.5. The van der Waals surface area contributed by atoms with Crippen LogP contribution in [0, 0.1) is 0 Å². The van der Waals surface area contributed by atoms with E-state index in [1.165, 1.54) is 0 Å². The van der Waals surface area contributed by atoms with Crippen LogP contribution >= 0.6 is 0 Å². The Bertz CT molecular complexity index is 322. The molecule has 0 aliphatic carbocycles. The lowest BCUT2D eigenvalue weighted by Crippen LogP contribution is -2.35. The number of allylic oxidation sites excluding steroid dienone is 1. The minimum atomic E-state index is -0.170. The van der Waals surface area contributed by atoms with E-state index in [1.54, 1.807) is 0 Å². The van der Waals surface area contributed by atoms with Crippen molar-refractivity contribution in [3.8, 4) is 0 Å². The number of nitrogens with zero attached hydrogens (tertiary/aromatic N) is 2. The molecule has 0 rings (SSSR count). The maximum atomic E-state index is 11.8. The fourth-order valence-electron chi connectivity index (χ4n) is 1.79. The van der Waals surface area contributed by atoms with Crippen molar-refractivity contribution >= 4 is 5.97 Å². The molecule has 0 bridgehead atoms. The third-order valence-corrected chi connectivity index (χ3v) is 3.01. The zero-order chi connectivity index (χ0) is 15.8. The highest BCUT2D eigenvalue weighted by Gasteiger charge is 2.09. The number of hydrogen-bond donors (Lipinski definition) is 0. The molecule has 118 valence electrons. The number of carbonyl (C=O) groups is 1. The zero-order valence-electron chi connectivity index (χ0n) is 14.5. The molecule has 0 aromatic rings. The summed E-state index contributed by atoms with van der Waals surface area (Å²) in [5, 5.41) is 0. The summed E-state index contributed by atoms with van der Waals surface area (Å²) >= 11 is 0. The number of rotatable bonds is 9. The SMILES string of the molecule is CC(=CCCC[N+](C)(C)C)C(=O)OCCC[N+](C)(C)C. The molecule has 0 heterocycles. The van der Waals surface area contributed by atoms with E-state index in [9.17, 15) is 4.79 Å². The van der Waals surface area contributed by atoms with Crippen molar-refractivity contribution in [3.63, 3.8) is 0 Å². The topological polar surface area (TPSA) is 26.3 Å². The minimum absolute atomic E-state index is 0.170. The fraction of sp³-hybridized carbons (Fsp3) is 0.812. The van der Waals surface area contributed by atoms with E-state index in [4.69, 9.17) is 4.74 Å². The molecule has 0 N–H and O–H groups in total. The maximum absolute atomic E-state index is 11.8. The first kappa shape index (κ1) is 19.1. The summed E-state index contributed by atoms with van der Waals surface area (Å²) in [6, 6.07) is 0. The standard InChI is InChI=1S/C16H34N2O2/c1-15(11-8-9-12-17(2,3)4)16(19)20-14-10-13-18(5,6)7/h11H,8-10,12-14H2,1-7H3/q+2. The molecule has 4 heteroatoms. The molecule has 0 radical (unpaired) electrons. The van der Waals surface area contributed by atoms with E-state index in [-0.39, 0.29) is 5.97 Å². The smallest absolute Gasteiger partial charge is 0.333 e. The van der Waals surface area contributed by atoms with Crippen molar-refractivity contribution in [2.45, 2.75) is 26.2 Å². The molecule has 0 atom stereocenters. The Labute approximate surface area is 125 Å². The van der Waals surface area contributed by atoms with Gasteiger partial charge in [-0.2, -0.15) is 0 Å². The van der Waals surface area contributed by atoms with Crippen LogP contribution in [0.3, 0.4) is 0 Å². The Hall–Kier alpha value is -0.870. The van der Waals surface area contributed by atoms with Crippen LogP contribution in [0.25, 0.3) is 0 Å². The van der Waals surface area contributed by atoms with Gasteiger partial charge in [-0.15, -0.1) is 0 Å². The second kappa shape index (κ2) is 8.42. The summed E-state index contributed by atoms with van der Waals surface area (Å²) in [5.74, 6) is -0.170. The van der Waals surface area contributed by atoms with Gasteiger partial charge in [0.1, 0.15) is 0 Å². The highest BCUT2D eigenvalue weighted by atomic mass is 16.5. The van der Waals surface area contributed by atoms with Crippen molar-refractivity contribution in [1.29, 1.82) is 0 Å². The molecule has 0 aromatic carbocycles. The molecule has 0 aromatic heterocycles. The third kappa shape index (κ3) is 12.2. The van der Waals surface area contributed by atoms with Crippen molar-refractivity contribution in [2.75, 3.05) is 62.0 Å². The van der Waals surface area contributed by atoms with Crippen LogP contribution in [0.2, 0.25) is 0 Å². The van der Waals surface area contributed by atoms with Crippen LogP contribution in [0.4, 0.5) is 0 Å². The maximum Gasteiger partial charge on any atom is 0.333 e. The van der Waals surface area contributed by atoms with Gasteiger partial charge in [-0.05, 0) is 13.3 Å². The molecular weight excluding hydrogens is 252 g/mol. The van der Waals surface area contributed by atoms with E-state index in [1.807, 2.05) is 13.0 Å². The number of unbranched alkanes of at least 4 members (excludes halogenated alkanes) is 1. The number of hydrogen-bond acceptors (Lipinski definition) is 2. The lowest BCUT2D eigenvalue weighted by atomic mass is 10.2. The van der Waals surface area contributed by atoms with E-state index in [0.29, 0.717) is 6.61 Å². The summed E-state index contributed by atoms with van der Waals surface area (Å²) in [7, 11) is 13.0. The fourth-order valence-corrected chi connectivity index (χ4v) is 1.79. The Kier molecular flexibility index (Phi) is 8.06. The molecule has 0 aliphatic rings. The van der Waals surface area contributed by atoms with Crippen LogP contribution in [0.1, 0.15) is 26.2 Å². The van der Waals surface area contributed by atoms with Crippen LogP contribution in [-0.4, -0.2) is 76.9 Å². The number of esters is 1.